The molecule has 1 heterocycles. The van der Waals surface area contributed by atoms with E-state index in [1.54, 1.807) is 38.2 Å². The fourth-order valence-corrected chi connectivity index (χ4v) is 4.52. The minimum Gasteiger partial charge on any atom is -0.495 e. The predicted molar refractivity (Wildman–Crippen MR) is 132 cm³/mol. The van der Waals surface area contributed by atoms with Crippen LogP contribution < -0.4 is 20.1 Å². The van der Waals surface area contributed by atoms with Gasteiger partial charge in [0.25, 0.3) is 10.0 Å². The predicted octanol–water partition coefficient (Wildman–Crippen LogP) is 4.69. The Labute approximate surface area is 204 Å². The van der Waals surface area contributed by atoms with Crippen LogP contribution in [0.3, 0.4) is 0 Å². The van der Waals surface area contributed by atoms with Crippen LogP contribution >= 0.6 is 24.0 Å². The summed E-state index contributed by atoms with van der Waals surface area (Å²) in [6.07, 6.45) is 0. The van der Waals surface area contributed by atoms with E-state index in [-0.39, 0.29) is 39.7 Å². The highest BCUT2D eigenvalue weighted by Gasteiger charge is 2.21. The molecule has 3 N–H and O–H groups in total. The summed E-state index contributed by atoms with van der Waals surface area (Å²) in [6, 6.07) is 12.4. The number of rotatable bonds is 8. The van der Waals surface area contributed by atoms with Gasteiger partial charge in [-0.1, -0.05) is 11.6 Å². The van der Waals surface area contributed by atoms with Crippen LogP contribution in [0.2, 0.25) is 5.02 Å². The summed E-state index contributed by atoms with van der Waals surface area (Å²) >= 11 is 6.31. The number of sulfonamides is 1. The number of halogens is 2. The van der Waals surface area contributed by atoms with Gasteiger partial charge in [-0.15, -0.1) is 12.4 Å². The van der Waals surface area contributed by atoms with Crippen LogP contribution in [0.1, 0.15) is 12.7 Å². The van der Waals surface area contributed by atoms with Crippen molar-refractivity contribution in [2.45, 2.75) is 24.8 Å². The van der Waals surface area contributed by atoms with E-state index in [2.05, 4.69) is 15.4 Å². The lowest BCUT2D eigenvalue weighted by Crippen LogP contribution is -2.35. The first kappa shape index (κ1) is 26.5. The highest BCUT2D eigenvalue weighted by atomic mass is 35.5. The summed E-state index contributed by atoms with van der Waals surface area (Å²) in [7, 11) is -0.969. The molecule has 0 radical (unpaired) electrons. The van der Waals surface area contributed by atoms with Gasteiger partial charge in [0, 0.05) is 11.3 Å². The van der Waals surface area contributed by atoms with Crippen molar-refractivity contribution in [3.05, 3.63) is 59.3 Å². The molecule has 1 amide bonds. The van der Waals surface area contributed by atoms with E-state index in [1.165, 1.54) is 25.3 Å². The first-order valence-electron chi connectivity index (χ1n) is 9.70. The quantitative estimate of drug-likeness (QED) is 0.403. The lowest BCUT2D eigenvalue weighted by molar-refractivity contribution is -0.117. The molecule has 8 nitrogen and oxygen atoms in total. The van der Waals surface area contributed by atoms with Gasteiger partial charge in [0.2, 0.25) is 5.91 Å². The second kappa shape index (κ2) is 10.9. The SMILES string of the molecule is CN[C@@H](C)C(=O)Nc1ccc(OC)c(NS(=O)(=O)c2ccc(-c3ccc(C)o3)cc2Cl)c1.Cl. The normalized spacial score (nSPS) is 11.9. The number of aryl methyl sites for hydroxylation is 1. The Bertz CT molecular complexity index is 1240. The summed E-state index contributed by atoms with van der Waals surface area (Å²) in [4.78, 5) is 12.0. The van der Waals surface area contributed by atoms with Gasteiger partial charge in [-0.2, -0.15) is 0 Å². The van der Waals surface area contributed by atoms with Crippen molar-refractivity contribution >= 4 is 51.3 Å². The Morgan fingerprint density at radius 2 is 1.85 bits per heavy atom. The van der Waals surface area contributed by atoms with Crippen LogP contribution in [-0.2, 0) is 14.8 Å². The lowest BCUT2D eigenvalue weighted by Gasteiger charge is -2.16. The van der Waals surface area contributed by atoms with Gasteiger partial charge in [0.05, 0.1) is 23.9 Å². The Balaban J connectivity index is 0.00000385. The van der Waals surface area contributed by atoms with Gasteiger partial charge in [-0.05, 0) is 69.4 Å². The molecule has 2 aromatic carbocycles. The van der Waals surface area contributed by atoms with Crippen molar-refractivity contribution in [3.8, 4) is 17.1 Å². The molecular weight excluding hydrogens is 489 g/mol. The molecule has 0 aliphatic rings. The van der Waals surface area contributed by atoms with Crippen molar-refractivity contribution in [3.63, 3.8) is 0 Å². The monoisotopic (exact) mass is 513 g/mol. The van der Waals surface area contributed by atoms with Crippen LogP contribution in [-0.4, -0.2) is 34.5 Å². The lowest BCUT2D eigenvalue weighted by atomic mass is 10.2. The number of hydrogen-bond donors (Lipinski definition) is 3. The molecule has 0 spiro atoms. The minimum atomic E-state index is -4.05. The summed E-state index contributed by atoms with van der Waals surface area (Å²) in [5.74, 6) is 1.34. The molecule has 0 saturated carbocycles. The number of ether oxygens (including phenoxy) is 1. The summed E-state index contributed by atoms with van der Waals surface area (Å²) in [5, 5.41) is 5.59. The van der Waals surface area contributed by atoms with Crippen molar-refractivity contribution in [1.29, 1.82) is 0 Å². The standard InChI is InChI=1S/C22H24ClN3O5S.ClH/c1-13-5-8-19(31-13)15-6-10-21(17(23)11-15)32(28,29)26-18-12-16(7-9-20(18)30-4)25-22(27)14(2)24-3;/h5-12,14,24,26H,1-4H3,(H,25,27);1H/t14-;/m0./s1. The topological polar surface area (TPSA) is 110 Å². The number of likely N-dealkylation sites (N-methyl/N-ethyl adjacent to an activating group) is 1. The fraction of sp³-hybridized carbons (Fsp3) is 0.227. The second-order valence-electron chi connectivity index (χ2n) is 7.08. The van der Waals surface area contributed by atoms with E-state index >= 15 is 0 Å². The molecule has 3 rings (SSSR count). The van der Waals surface area contributed by atoms with Gasteiger partial charge in [-0.3, -0.25) is 9.52 Å². The molecular formula is C22H25Cl2N3O5S. The van der Waals surface area contributed by atoms with E-state index in [0.29, 0.717) is 17.0 Å². The summed E-state index contributed by atoms with van der Waals surface area (Å²) in [6.45, 7) is 3.52. The number of furan rings is 1. The molecule has 0 saturated heterocycles. The molecule has 1 atom stereocenters. The molecule has 178 valence electrons. The van der Waals surface area contributed by atoms with Crippen LogP contribution in [0.15, 0.2) is 57.8 Å². The minimum absolute atomic E-state index is 0. The third-order valence-corrected chi connectivity index (χ3v) is 6.63. The van der Waals surface area contributed by atoms with E-state index in [0.717, 1.165) is 5.76 Å². The number of carbonyl (C=O) groups is 1. The number of methoxy groups -OCH3 is 1. The second-order valence-corrected chi connectivity index (χ2v) is 9.13. The van der Waals surface area contributed by atoms with E-state index in [1.807, 2.05) is 13.0 Å². The van der Waals surface area contributed by atoms with E-state index in [9.17, 15) is 13.2 Å². The molecule has 0 aliphatic carbocycles. The van der Waals surface area contributed by atoms with Gasteiger partial charge >= 0.3 is 0 Å². The van der Waals surface area contributed by atoms with Crippen LogP contribution in [0.4, 0.5) is 11.4 Å². The maximum Gasteiger partial charge on any atom is 0.263 e. The zero-order chi connectivity index (χ0) is 23.5. The highest BCUT2D eigenvalue weighted by molar-refractivity contribution is 7.92. The molecule has 11 heteroatoms. The molecule has 33 heavy (non-hydrogen) atoms. The first-order valence-corrected chi connectivity index (χ1v) is 11.6. The zero-order valence-corrected chi connectivity index (χ0v) is 20.8. The molecule has 0 fully saturated rings. The molecule has 0 unspecified atom stereocenters. The van der Waals surface area contributed by atoms with Crippen LogP contribution in [0, 0.1) is 6.92 Å². The smallest absolute Gasteiger partial charge is 0.263 e. The third kappa shape index (κ3) is 6.20. The number of amides is 1. The van der Waals surface area contributed by atoms with E-state index in [4.69, 9.17) is 20.8 Å². The Kier molecular flexibility index (Phi) is 8.79. The van der Waals surface area contributed by atoms with Crippen molar-refractivity contribution in [2.75, 3.05) is 24.2 Å². The van der Waals surface area contributed by atoms with Crippen molar-refractivity contribution < 1.29 is 22.4 Å². The summed E-state index contributed by atoms with van der Waals surface area (Å²) in [5.41, 5.74) is 1.22. The van der Waals surface area contributed by atoms with Crippen molar-refractivity contribution in [1.82, 2.24) is 5.32 Å². The van der Waals surface area contributed by atoms with Crippen LogP contribution in [0.5, 0.6) is 5.75 Å². The first-order chi connectivity index (χ1) is 15.1. The Morgan fingerprint density at radius 1 is 1.12 bits per heavy atom. The number of nitrogens with one attached hydrogen (secondary N) is 3. The maximum absolute atomic E-state index is 13.1. The third-order valence-electron chi connectivity index (χ3n) is 4.78. The van der Waals surface area contributed by atoms with Gasteiger partial charge in [0.15, 0.2) is 0 Å². The van der Waals surface area contributed by atoms with Crippen molar-refractivity contribution in [2.24, 2.45) is 0 Å². The van der Waals surface area contributed by atoms with E-state index < -0.39 is 16.1 Å². The largest absolute Gasteiger partial charge is 0.495 e. The van der Waals surface area contributed by atoms with Gasteiger partial charge in [0.1, 0.15) is 22.2 Å². The molecule has 1 aromatic heterocycles. The number of benzene rings is 2. The molecule has 0 bridgehead atoms. The molecule has 3 aromatic rings. The number of anilines is 2. The average Bonchev–Trinajstić information content (AvgIpc) is 3.19. The van der Waals surface area contributed by atoms with Gasteiger partial charge in [-0.25, -0.2) is 8.42 Å². The van der Waals surface area contributed by atoms with Crippen LogP contribution in [0.25, 0.3) is 11.3 Å². The Morgan fingerprint density at radius 3 is 2.42 bits per heavy atom. The Hall–Kier alpha value is -2.72. The number of hydrogen-bond acceptors (Lipinski definition) is 6. The zero-order valence-electron chi connectivity index (χ0n) is 18.4. The fourth-order valence-electron chi connectivity index (χ4n) is 2.91. The summed E-state index contributed by atoms with van der Waals surface area (Å²) < 4.78 is 39.4. The maximum atomic E-state index is 13.1. The number of carbonyl (C=O) groups excluding carboxylic acids is 1. The highest BCUT2D eigenvalue weighted by Crippen LogP contribution is 2.33. The average molecular weight is 514 g/mol. The molecule has 0 aliphatic heterocycles. The van der Waals surface area contributed by atoms with Gasteiger partial charge < -0.3 is 19.8 Å².